The lowest BCUT2D eigenvalue weighted by Gasteiger charge is -2.28. The molecule has 0 aliphatic rings. The van der Waals surface area contributed by atoms with Crippen molar-refractivity contribution in [2.24, 2.45) is 0 Å². The van der Waals surface area contributed by atoms with Gasteiger partial charge in [-0.15, -0.1) is 0 Å². The van der Waals surface area contributed by atoms with Gasteiger partial charge in [0, 0.05) is 23.2 Å². The van der Waals surface area contributed by atoms with Crippen LogP contribution in [0.25, 0.3) is 5.65 Å². The molecular weight excluding hydrogens is 410 g/mol. The zero-order valence-electron chi connectivity index (χ0n) is 17.6. The summed E-state index contributed by atoms with van der Waals surface area (Å²) >= 11 is 6.01. The first-order chi connectivity index (χ1) is 15.0. The highest BCUT2D eigenvalue weighted by atomic mass is 35.5. The minimum Gasteiger partial charge on any atom is -0.465 e. The molecular formula is C25H24ClN3O2. The second kappa shape index (κ2) is 8.90. The van der Waals surface area contributed by atoms with Crippen molar-refractivity contribution in [2.45, 2.75) is 32.1 Å². The van der Waals surface area contributed by atoms with E-state index in [-0.39, 0.29) is 5.97 Å². The van der Waals surface area contributed by atoms with E-state index in [0.717, 1.165) is 28.0 Å². The SMILES string of the molecule is CCOC(=O)C(C)(Cc1ccccc1)c1ccnc2c(Cc3ccc(Cl)cc3)cnn12. The molecule has 0 N–H and O–H groups in total. The van der Waals surface area contributed by atoms with E-state index in [0.29, 0.717) is 24.5 Å². The van der Waals surface area contributed by atoms with Gasteiger partial charge in [-0.25, -0.2) is 9.50 Å². The maximum absolute atomic E-state index is 13.1. The van der Waals surface area contributed by atoms with Gasteiger partial charge in [-0.3, -0.25) is 4.79 Å². The number of halogens is 1. The van der Waals surface area contributed by atoms with Gasteiger partial charge in [0.15, 0.2) is 5.65 Å². The Labute approximate surface area is 186 Å². The Balaban J connectivity index is 1.77. The minimum absolute atomic E-state index is 0.277. The lowest BCUT2D eigenvalue weighted by atomic mass is 9.80. The van der Waals surface area contributed by atoms with Gasteiger partial charge in [0.05, 0.1) is 18.5 Å². The van der Waals surface area contributed by atoms with Crippen LogP contribution in [0.2, 0.25) is 5.02 Å². The molecule has 2 aromatic carbocycles. The lowest BCUT2D eigenvalue weighted by molar-refractivity contribution is -0.149. The maximum Gasteiger partial charge on any atom is 0.318 e. The average Bonchev–Trinajstić information content (AvgIpc) is 3.19. The first-order valence-electron chi connectivity index (χ1n) is 10.3. The number of ether oxygens (including phenoxy) is 1. The minimum atomic E-state index is -0.915. The van der Waals surface area contributed by atoms with Crippen LogP contribution < -0.4 is 0 Å². The predicted octanol–water partition coefficient (Wildman–Crippen LogP) is 5.04. The van der Waals surface area contributed by atoms with E-state index in [1.807, 2.05) is 80.7 Å². The summed E-state index contributed by atoms with van der Waals surface area (Å²) in [6.07, 6.45) is 4.72. The molecule has 0 saturated heterocycles. The zero-order chi connectivity index (χ0) is 21.8. The second-order valence-corrected chi connectivity index (χ2v) is 8.19. The van der Waals surface area contributed by atoms with Crippen molar-refractivity contribution in [3.05, 3.63) is 100 Å². The fraction of sp³-hybridized carbons (Fsp3) is 0.240. The number of rotatable bonds is 7. The van der Waals surface area contributed by atoms with Gasteiger partial charge in [0.1, 0.15) is 5.41 Å². The number of hydrogen-bond acceptors (Lipinski definition) is 4. The van der Waals surface area contributed by atoms with Crippen LogP contribution in [0.3, 0.4) is 0 Å². The van der Waals surface area contributed by atoms with Crippen LogP contribution in [0.4, 0.5) is 0 Å². The third-order valence-corrected chi connectivity index (χ3v) is 5.73. The molecule has 5 nitrogen and oxygen atoms in total. The number of nitrogens with zero attached hydrogens (tertiary/aromatic N) is 3. The summed E-state index contributed by atoms with van der Waals surface area (Å²) in [6.45, 7) is 4.05. The van der Waals surface area contributed by atoms with Gasteiger partial charge in [-0.2, -0.15) is 5.10 Å². The predicted molar refractivity (Wildman–Crippen MR) is 121 cm³/mol. The molecule has 2 aromatic heterocycles. The number of aromatic nitrogens is 3. The Morgan fingerprint density at radius 1 is 1.06 bits per heavy atom. The number of benzene rings is 2. The quantitative estimate of drug-likeness (QED) is 0.383. The number of fused-ring (bicyclic) bond motifs is 1. The van der Waals surface area contributed by atoms with Crippen molar-refractivity contribution in [3.63, 3.8) is 0 Å². The molecule has 0 aliphatic carbocycles. The monoisotopic (exact) mass is 433 g/mol. The molecule has 1 unspecified atom stereocenters. The first-order valence-corrected chi connectivity index (χ1v) is 10.7. The largest absolute Gasteiger partial charge is 0.465 e. The summed E-state index contributed by atoms with van der Waals surface area (Å²) in [5.74, 6) is -0.277. The number of carbonyl (C=O) groups is 1. The van der Waals surface area contributed by atoms with Crippen LogP contribution in [0.1, 0.15) is 36.2 Å². The molecule has 0 radical (unpaired) electrons. The highest BCUT2D eigenvalue weighted by Crippen LogP contribution is 2.31. The highest BCUT2D eigenvalue weighted by Gasteiger charge is 2.39. The van der Waals surface area contributed by atoms with E-state index < -0.39 is 5.41 Å². The molecule has 2 heterocycles. The van der Waals surface area contributed by atoms with Crippen molar-refractivity contribution in [2.75, 3.05) is 6.61 Å². The van der Waals surface area contributed by atoms with E-state index in [4.69, 9.17) is 16.3 Å². The summed E-state index contributed by atoms with van der Waals surface area (Å²) in [5.41, 5.74) is 3.72. The van der Waals surface area contributed by atoms with E-state index >= 15 is 0 Å². The Morgan fingerprint density at radius 3 is 2.52 bits per heavy atom. The van der Waals surface area contributed by atoms with Crippen LogP contribution in [-0.2, 0) is 27.8 Å². The summed E-state index contributed by atoms with van der Waals surface area (Å²) in [4.78, 5) is 17.7. The smallest absolute Gasteiger partial charge is 0.318 e. The van der Waals surface area contributed by atoms with Crippen LogP contribution in [0, 0.1) is 0 Å². The van der Waals surface area contributed by atoms with Crippen molar-refractivity contribution >= 4 is 23.2 Å². The van der Waals surface area contributed by atoms with Gasteiger partial charge < -0.3 is 4.74 Å². The van der Waals surface area contributed by atoms with Crippen molar-refractivity contribution in [3.8, 4) is 0 Å². The molecule has 4 rings (SSSR count). The molecule has 0 aliphatic heterocycles. The summed E-state index contributed by atoms with van der Waals surface area (Å²) in [5, 5.41) is 5.31. The van der Waals surface area contributed by atoms with Gasteiger partial charge in [-0.05, 0) is 49.6 Å². The molecule has 158 valence electrons. The van der Waals surface area contributed by atoms with Crippen molar-refractivity contribution in [1.29, 1.82) is 0 Å². The van der Waals surface area contributed by atoms with E-state index in [9.17, 15) is 4.79 Å². The van der Waals surface area contributed by atoms with Crippen LogP contribution in [0.15, 0.2) is 73.1 Å². The molecule has 0 amide bonds. The molecule has 0 saturated carbocycles. The number of hydrogen-bond donors (Lipinski definition) is 0. The normalized spacial score (nSPS) is 13.1. The zero-order valence-corrected chi connectivity index (χ0v) is 18.3. The fourth-order valence-electron chi connectivity index (χ4n) is 3.87. The molecule has 1 atom stereocenters. The molecule has 0 spiro atoms. The van der Waals surface area contributed by atoms with E-state index in [1.54, 1.807) is 10.7 Å². The fourth-order valence-corrected chi connectivity index (χ4v) is 3.99. The third-order valence-electron chi connectivity index (χ3n) is 5.47. The third kappa shape index (κ3) is 4.32. The molecule has 0 bridgehead atoms. The highest BCUT2D eigenvalue weighted by molar-refractivity contribution is 6.30. The van der Waals surface area contributed by atoms with Crippen molar-refractivity contribution < 1.29 is 9.53 Å². The maximum atomic E-state index is 13.1. The Kier molecular flexibility index (Phi) is 6.05. The summed E-state index contributed by atoms with van der Waals surface area (Å²) < 4.78 is 7.25. The van der Waals surface area contributed by atoms with Crippen LogP contribution in [0.5, 0.6) is 0 Å². The molecule has 0 fully saturated rings. The Bertz CT molecular complexity index is 1190. The Morgan fingerprint density at radius 2 is 1.81 bits per heavy atom. The number of esters is 1. The van der Waals surface area contributed by atoms with Gasteiger partial charge >= 0.3 is 5.97 Å². The summed E-state index contributed by atoms with van der Waals surface area (Å²) in [6, 6.07) is 19.5. The molecule has 31 heavy (non-hydrogen) atoms. The molecule has 4 aromatic rings. The topological polar surface area (TPSA) is 56.5 Å². The lowest BCUT2D eigenvalue weighted by Crippen LogP contribution is -2.38. The van der Waals surface area contributed by atoms with E-state index in [1.165, 1.54) is 0 Å². The van der Waals surface area contributed by atoms with Gasteiger partial charge in [0.25, 0.3) is 0 Å². The van der Waals surface area contributed by atoms with Gasteiger partial charge in [-0.1, -0.05) is 54.1 Å². The first kappa shape index (κ1) is 21.1. The molecule has 6 heteroatoms. The Hall–Kier alpha value is -3.18. The standard InChI is InChI=1S/C25H24ClN3O2/c1-3-31-24(30)25(2,16-19-7-5-4-6-8-19)22-13-14-27-23-20(17-28-29(22)23)15-18-9-11-21(26)12-10-18/h4-14,17H,3,15-16H2,1-2H3. The van der Waals surface area contributed by atoms with Crippen LogP contribution in [-0.4, -0.2) is 27.2 Å². The van der Waals surface area contributed by atoms with Crippen LogP contribution >= 0.6 is 11.6 Å². The summed E-state index contributed by atoms with van der Waals surface area (Å²) in [7, 11) is 0. The van der Waals surface area contributed by atoms with Gasteiger partial charge in [0.2, 0.25) is 0 Å². The second-order valence-electron chi connectivity index (χ2n) is 7.75. The number of carbonyl (C=O) groups excluding carboxylic acids is 1. The average molecular weight is 434 g/mol. The van der Waals surface area contributed by atoms with E-state index in [2.05, 4.69) is 10.1 Å². The van der Waals surface area contributed by atoms with Crippen molar-refractivity contribution in [1.82, 2.24) is 14.6 Å².